The first-order valence-electron chi connectivity index (χ1n) is 8.56. The quantitative estimate of drug-likeness (QED) is 0.628. The summed E-state index contributed by atoms with van der Waals surface area (Å²) in [5.41, 5.74) is 2.41. The third-order valence-corrected chi connectivity index (χ3v) is 5.77. The van der Waals surface area contributed by atoms with Crippen LogP contribution in [0.15, 0.2) is 77.7 Å². The Kier molecular flexibility index (Phi) is 6.02. The Hall–Kier alpha value is -2.83. The van der Waals surface area contributed by atoms with Gasteiger partial charge in [0, 0.05) is 12.2 Å². The minimum Gasteiger partial charge on any atom is -0.348 e. The van der Waals surface area contributed by atoms with Crippen LogP contribution in [0.25, 0.3) is 0 Å². The Labute approximate surface area is 169 Å². The maximum absolute atomic E-state index is 12.7. The molecule has 0 saturated heterocycles. The molecule has 0 saturated carbocycles. The lowest BCUT2D eigenvalue weighted by molar-refractivity contribution is 0.0951. The van der Waals surface area contributed by atoms with Crippen LogP contribution in [-0.2, 0) is 16.6 Å². The second-order valence-electron chi connectivity index (χ2n) is 6.28. The summed E-state index contributed by atoms with van der Waals surface area (Å²) in [6.07, 6.45) is 0. The molecular weight excluding hydrogens is 396 g/mol. The van der Waals surface area contributed by atoms with Gasteiger partial charge >= 0.3 is 0 Å². The standard InChI is InChI=1S/C21H19ClN2O3S/c1-15-6-5-9-17(12-15)24-28(26,27)18-10-11-20(22)19(13-18)21(25)23-14-16-7-3-2-4-8-16/h2-13,24H,14H2,1H3,(H,23,25). The SMILES string of the molecule is Cc1cccc(NS(=O)(=O)c2ccc(Cl)c(C(=O)NCc3ccccc3)c2)c1. The first-order valence-corrected chi connectivity index (χ1v) is 10.4. The van der Waals surface area contributed by atoms with Crippen molar-refractivity contribution in [2.75, 3.05) is 4.72 Å². The molecule has 3 aromatic carbocycles. The number of benzene rings is 3. The highest BCUT2D eigenvalue weighted by Gasteiger charge is 2.19. The van der Waals surface area contributed by atoms with E-state index in [9.17, 15) is 13.2 Å². The lowest BCUT2D eigenvalue weighted by Crippen LogP contribution is -2.23. The van der Waals surface area contributed by atoms with Crippen molar-refractivity contribution in [2.45, 2.75) is 18.4 Å². The molecule has 5 nitrogen and oxygen atoms in total. The molecule has 0 aliphatic heterocycles. The molecule has 0 unspecified atom stereocenters. The minimum absolute atomic E-state index is 0.0386. The fourth-order valence-electron chi connectivity index (χ4n) is 2.64. The molecule has 0 aromatic heterocycles. The van der Waals surface area contributed by atoms with E-state index in [0.717, 1.165) is 11.1 Å². The van der Waals surface area contributed by atoms with Crippen molar-refractivity contribution in [2.24, 2.45) is 0 Å². The molecule has 0 bridgehead atoms. The van der Waals surface area contributed by atoms with E-state index in [1.807, 2.05) is 43.3 Å². The van der Waals surface area contributed by atoms with Crippen LogP contribution in [0.2, 0.25) is 5.02 Å². The minimum atomic E-state index is -3.86. The number of hydrogen-bond donors (Lipinski definition) is 2. The van der Waals surface area contributed by atoms with Gasteiger partial charge in [0.25, 0.3) is 15.9 Å². The number of halogens is 1. The monoisotopic (exact) mass is 414 g/mol. The molecule has 0 spiro atoms. The zero-order valence-corrected chi connectivity index (χ0v) is 16.7. The summed E-state index contributed by atoms with van der Waals surface area (Å²) < 4.78 is 27.9. The van der Waals surface area contributed by atoms with Gasteiger partial charge in [-0.1, -0.05) is 54.1 Å². The van der Waals surface area contributed by atoms with E-state index in [2.05, 4.69) is 10.0 Å². The first-order chi connectivity index (χ1) is 13.3. The van der Waals surface area contributed by atoms with Gasteiger partial charge in [-0.25, -0.2) is 8.42 Å². The average Bonchev–Trinajstić information content (AvgIpc) is 2.67. The number of sulfonamides is 1. The van der Waals surface area contributed by atoms with E-state index in [1.165, 1.54) is 18.2 Å². The van der Waals surface area contributed by atoms with Crippen LogP contribution in [0.3, 0.4) is 0 Å². The molecule has 0 radical (unpaired) electrons. The fraction of sp³-hybridized carbons (Fsp3) is 0.0952. The maximum atomic E-state index is 12.7. The zero-order chi connectivity index (χ0) is 20.1. The molecular formula is C21H19ClN2O3S. The normalized spacial score (nSPS) is 11.1. The van der Waals surface area contributed by atoms with Gasteiger partial charge in [-0.05, 0) is 48.4 Å². The number of anilines is 1. The second-order valence-corrected chi connectivity index (χ2v) is 8.37. The highest BCUT2D eigenvalue weighted by atomic mass is 35.5. The lowest BCUT2D eigenvalue weighted by atomic mass is 10.2. The molecule has 0 heterocycles. The number of aryl methyl sites for hydroxylation is 1. The largest absolute Gasteiger partial charge is 0.348 e. The van der Waals surface area contributed by atoms with E-state index >= 15 is 0 Å². The molecule has 0 fully saturated rings. The van der Waals surface area contributed by atoms with Crippen LogP contribution in [0.1, 0.15) is 21.5 Å². The van der Waals surface area contributed by atoms with Crippen molar-refractivity contribution >= 4 is 33.2 Å². The Morgan fingerprint density at radius 1 is 0.964 bits per heavy atom. The molecule has 3 rings (SSSR count). The molecule has 2 N–H and O–H groups in total. The van der Waals surface area contributed by atoms with E-state index in [0.29, 0.717) is 12.2 Å². The Bertz CT molecular complexity index is 1100. The van der Waals surface area contributed by atoms with Crippen LogP contribution in [-0.4, -0.2) is 14.3 Å². The van der Waals surface area contributed by atoms with Gasteiger partial charge in [0.2, 0.25) is 0 Å². The van der Waals surface area contributed by atoms with Gasteiger partial charge in [-0.15, -0.1) is 0 Å². The zero-order valence-electron chi connectivity index (χ0n) is 15.1. The fourth-order valence-corrected chi connectivity index (χ4v) is 3.92. The summed E-state index contributed by atoms with van der Waals surface area (Å²) in [5.74, 6) is -0.443. The van der Waals surface area contributed by atoms with Gasteiger partial charge < -0.3 is 5.32 Å². The van der Waals surface area contributed by atoms with Crippen molar-refractivity contribution in [1.29, 1.82) is 0 Å². The molecule has 144 valence electrons. The topological polar surface area (TPSA) is 75.3 Å². The van der Waals surface area contributed by atoms with Gasteiger partial charge in [0.15, 0.2) is 0 Å². The van der Waals surface area contributed by atoms with Crippen LogP contribution >= 0.6 is 11.6 Å². The van der Waals surface area contributed by atoms with E-state index in [4.69, 9.17) is 11.6 Å². The molecule has 0 atom stereocenters. The van der Waals surface area contributed by atoms with E-state index in [1.54, 1.807) is 18.2 Å². The second kappa shape index (κ2) is 8.46. The van der Waals surface area contributed by atoms with Crippen LogP contribution in [0, 0.1) is 6.92 Å². The number of carbonyl (C=O) groups is 1. The summed E-state index contributed by atoms with van der Waals surface area (Å²) in [6.45, 7) is 2.18. The van der Waals surface area contributed by atoms with Crippen molar-refractivity contribution < 1.29 is 13.2 Å². The van der Waals surface area contributed by atoms with E-state index in [-0.39, 0.29) is 15.5 Å². The van der Waals surface area contributed by atoms with E-state index < -0.39 is 15.9 Å². The highest BCUT2D eigenvalue weighted by Crippen LogP contribution is 2.23. The number of rotatable bonds is 6. The summed E-state index contributed by atoms with van der Waals surface area (Å²) in [7, 11) is -3.86. The molecule has 7 heteroatoms. The number of carbonyl (C=O) groups excluding carboxylic acids is 1. The Morgan fingerprint density at radius 2 is 1.71 bits per heavy atom. The molecule has 0 aliphatic carbocycles. The van der Waals surface area contributed by atoms with Crippen molar-refractivity contribution in [3.05, 3.63) is 94.5 Å². The first kappa shape index (κ1) is 19.9. The van der Waals surface area contributed by atoms with Gasteiger partial charge in [-0.3, -0.25) is 9.52 Å². The summed E-state index contributed by atoms with van der Waals surface area (Å²) >= 11 is 6.13. The lowest BCUT2D eigenvalue weighted by Gasteiger charge is -2.11. The summed E-state index contributed by atoms with van der Waals surface area (Å²) in [5, 5.41) is 2.93. The maximum Gasteiger partial charge on any atom is 0.261 e. The van der Waals surface area contributed by atoms with Crippen LogP contribution < -0.4 is 10.0 Å². The predicted molar refractivity (Wildman–Crippen MR) is 111 cm³/mol. The summed E-state index contributed by atoms with van der Waals surface area (Å²) in [6, 6.07) is 20.5. The van der Waals surface area contributed by atoms with Gasteiger partial charge in [-0.2, -0.15) is 0 Å². The predicted octanol–water partition coefficient (Wildman–Crippen LogP) is 4.38. The van der Waals surface area contributed by atoms with Crippen molar-refractivity contribution in [1.82, 2.24) is 5.32 Å². The Balaban J connectivity index is 1.81. The number of amides is 1. The van der Waals surface area contributed by atoms with Crippen LogP contribution in [0.4, 0.5) is 5.69 Å². The number of nitrogens with one attached hydrogen (secondary N) is 2. The smallest absolute Gasteiger partial charge is 0.261 e. The molecule has 0 aliphatic rings. The average molecular weight is 415 g/mol. The third-order valence-electron chi connectivity index (χ3n) is 4.06. The molecule has 3 aromatic rings. The highest BCUT2D eigenvalue weighted by molar-refractivity contribution is 7.92. The molecule has 28 heavy (non-hydrogen) atoms. The van der Waals surface area contributed by atoms with Crippen molar-refractivity contribution in [3.63, 3.8) is 0 Å². The third kappa shape index (κ3) is 4.91. The number of hydrogen-bond acceptors (Lipinski definition) is 3. The van der Waals surface area contributed by atoms with Gasteiger partial charge in [0.1, 0.15) is 0 Å². The molecule has 1 amide bonds. The summed E-state index contributed by atoms with van der Waals surface area (Å²) in [4.78, 5) is 12.5. The van der Waals surface area contributed by atoms with Gasteiger partial charge in [0.05, 0.1) is 15.5 Å². The van der Waals surface area contributed by atoms with Crippen LogP contribution in [0.5, 0.6) is 0 Å². The Morgan fingerprint density at radius 3 is 2.43 bits per heavy atom. The van der Waals surface area contributed by atoms with Crippen molar-refractivity contribution in [3.8, 4) is 0 Å².